The van der Waals surface area contributed by atoms with E-state index in [1.165, 1.54) is 27.1 Å². The predicted octanol–water partition coefficient (Wildman–Crippen LogP) is 11.9. The molecule has 5 heteroatoms. The molecule has 0 spiro atoms. The Labute approximate surface area is 292 Å². The second kappa shape index (κ2) is 10.8. The van der Waals surface area contributed by atoms with E-state index in [9.17, 15) is 0 Å². The first-order chi connectivity index (χ1) is 25.3. The second-order valence-corrected chi connectivity index (χ2v) is 13.0. The van der Waals surface area contributed by atoms with Gasteiger partial charge in [0.25, 0.3) is 0 Å². The normalized spacial score (nSPS) is 11.9. The Balaban J connectivity index is 1.22. The maximum atomic E-state index is 6.31. The molecule has 0 amide bonds. The number of para-hydroxylation sites is 4. The van der Waals surface area contributed by atoms with Crippen molar-refractivity contribution in [3.8, 4) is 34.2 Å². The molecule has 0 fully saturated rings. The van der Waals surface area contributed by atoms with E-state index in [0.29, 0.717) is 5.82 Å². The number of benzene rings is 7. The lowest BCUT2D eigenvalue weighted by molar-refractivity contribution is 0.669. The van der Waals surface area contributed by atoms with Crippen molar-refractivity contribution in [2.45, 2.75) is 0 Å². The Bertz CT molecular complexity index is 3130. The number of nitrogens with zero attached hydrogens (tertiary/aromatic N) is 4. The van der Waals surface area contributed by atoms with Crippen LogP contribution in [0.4, 0.5) is 0 Å². The number of fused-ring (bicyclic) bond motifs is 9. The SMILES string of the molecule is c1ccc(-c2nc(-c3ccc4c(c3)oc3ccccc34)cc(-n3c4ccccc4c4cc5c6ccccc6n(-c6ccccc6)c5cc43)n2)cc1. The van der Waals surface area contributed by atoms with Crippen molar-refractivity contribution in [2.24, 2.45) is 0 Å². The molecule has 0 aliphatic heterocycles. The molecule has 5 nitrogen and oxygen atoms in total. The first kappa shape index (κ1) is 27.9. The Kier molecular flexibility index (Phi) is 5.89. The van der Waals surface area contributed by atoms with Crippen LogP contribution in [0, 0.1) is 0 Å². The number of hydrogen-bond donors (Lipinski definition) is 0. The Morgan fingerprint density at radius 1 is 0.373 bits per heavy atom. The number of rotatable bonds is 4. The van der Waals surface area contributed by atoms with Crippen molar-refractivity contribution in [1.82, 2.24) is 19.1 Å². The molecule has 7 aromatic carbocycles. The Hall–Kier alpha value is -6.98. The molecule has 51 heavy (non-hydrogen) atoms. The van der Waals surface area contributed by atoms with Gasteiger partial charge in [-0.25, -0.2) is 9.97 Å². The van der Waals surface area contributed by atoms with E-state index in [2.05, 4.69) is 143 Å². The summed E-state index contributed by atoms with van der Waals surface area (Å²) in [6, 6.07) is 59.5. The van der Waals surface area contributed by atoms with Gasteiger partial charge in [0.15, 0.2) is 5.82 Å². The van der Waals surface area contributed by atoms with Crippen LogP contribution >= 0.6 is 0 Å². The number of aromatic nitrogens is 4. The van der Waals surface area contributed by atoms with Gasteiger partial charge < -0.3 is 8.98 Å². The maximum Gasteiger partial charge on any atom is 0.162 e. The van der Waals surface area contributed by atoms with E-state index in [4.69, 9.17) is 14.4 Å². The quantitative estimate of drug-likeness (QED) is 0.190. The summed E-state index contributed by atoms with van der Waals surface area (Å²) in [5.74, 6) is 1.47. The zero-order valence-electron chi connectivity index (χ0n) is 27.4. The molecule has 4 heterocycles. The van der Waals surface area contributed by atoms with Crippen LogP contribution in [0.25, 0.3) is 99.7 Å². The van der Waals surface area contributed by atoms with Crippen molar-refractivity contribution in [3.63, 3.8) is 0 Å². The highest BCUT2D eigenvalue weighted by Gasteiger charge is 2.20. The van der Waals surface area contributed by atoms with Crippen LogP contribution in [0.2, 0.25) is 0 Å². The van der Waals surface area contributed by atoms with E-state index in [1.807, 2.05) is 36.4 Å². The summed E-state index contributed by atoms with van der Waals surface area (Å²) in [4.78, 5) is 10.5. The standard InChI is InChI=1S/C46H28N4O/c1-3-13-29(14-4-1)46-47-38(30-23-24-35-34-19-9-12-22-43(34)51-44(35)25-30)27-45(48-46)50-40-21-11-8-18-33(40)37-26-36-32-17-7-10-20-39(32)49(41(36)28-42(37)50)31-15-5-2-6-16-31/h1-28H. The molecule has 0 saturated carbocycles. The highest BCUT2D eigenvalue weighted by atomic mass is 16.3. The summed E-state index contributed by atoms with van der Waals surface area (Å²) in [7, 11) is 0. The van der Waals surface area contributed by atoms with Gasteiger partial charge in [0.2, 0.25) is 0 Å². The molecule has 0 N–H and O–H groups in total. The lowest BCUT2D eigenvalue weighted by Crippen LogP contribution is -2.02. The summed E-state index contributed by atoms with van der Waals surface area (Å²) in [5.41, 5.74) is 10.1. The van der Waals surface area contributed by atoms with Crippen LogP contribution in [0.5, 0.6) is 0 Å². The molecular weight excluding hydrogens is 625 g/mol. The predicted molar refractivity (Wildman–Crippen MR) is 209 cm³/mol. The zero-order valence-corrected chi connectivity index (χ0v) is 27.4. The molecule has 11 rings (SSSR count). The topological polar surface area (TPSA) is 48.8 Å². The van der Waals surface area contributed by atoms with E-state index < -0.39 is 0 Å². The van der Waals surface area contributed by atoms with Gasteiger partial charge in [-0.3, -0.25) is 4.57 Å². The molecule has 0 atom stereocenters. The van der Waals surface area contributed by atoms with E-state index in [0.717, 1.165) is 66.8 Å². The summed E-state index contributed by atoms with van der Waals surface area (Å²) in [5, 5.41) is 7.00. The molecule has 0 aliphatic rings. The third kappa shape index (κ3) is 4.22. The van der Waals surface area contributed by atoms with Gasteiger partial charge in [0, 0.05) is 55.2 Å². The molecule has 0 bridgehead atoms. The lowest BCUT2D eigenvalue weighted by atomic mass is 10.1. The third-order valence-corrected chi connectivity index (χ3v) is 10.1. The largest absolute Gasteiger partial charge is 0.456 e. The average molecular weight is 653 g/mol. The molecule has 238 valence electrons. The van der Waals surface area contributed by atoms with E-state index in [1.54, 1.807) is 0 Å². The number of hydrogen-bond acceptors (Lipinski definition) is 3. The van der Waals surface area contributed by atoms with Crippen molar-refractivity contribution in [3.05, 3.63) is 170 Å². The van der Waals surface area contributed by atoms with Crippen LogP contribution in [-0.2, 0) is 0 Å². The third-order valence-electron chi connectivity index (χ3n) is 10.1. The first-order valence-corrected chi connectivity index (χ1v) is 17.2. The van der Waals surface area contributed by atoms with Crippen LogP contribution < -0.4 is 0 Å². The van der Waals surface area contributed by atoms with Crippen molar-refractivity contribution in [2.75, 3.05) is 0 Å². The molecule has 11 aromatic rings. The monoisotopic (exact) mass is 652 g/mol. The molecule has 0 radical (unpaired) electrons. The minimum absolute atomic E-state index is 0.665. The van der Waals surface area contributed by atoms with Crippen molar-refractivity contribution < 1.29 is 4.42 Å². The second-order valence-electron chi connectivity index (χ2n) is 13.0. The maximum absolute atomic E-state index is 6.31. The van der Waals surface area contributed by atoms with E-state index in [-0.39, 0.29) is 0 Å². The van der Waals surface area contributed by atoms with Gasteiger partial charge in [0.1, 0.15) is 17.0 Å². The Morgan fingerprint density at radius 3 is 1.75 bits per heavy atom. The van der Waals surface area contributed by atoms with Gasteiger partial charge in [-0.2, -0.15) is 0 Å². The molecule has 0 saturated heterocycles. The fraction of sp³-hybridized carbons (Fsp3) is 0. The fourth-order valence-corrected chi connectivity index (χ4v) is 7.83. The summed E-state index contributed by atoms with van der Waals surface area (Å²) >= 11 is 0. The summed E-state index contributed by atoms with van der Waals surface area (Å²) in [6.45, 7) is 0. The highest BCUT2D eigenvalue weighted by Crippen LogP contribution is 2.40. The highest BCUT2D eigenvalue weighted by molar-refractivity contribution is 6.19. The molecule has 0 unspecified atom stereocenters. The van der Waals surface area contributed by atoms with Crippen LogP contribution in [-0.4, -0.2) is 19.1 Å². The minimum Gasteiger partial charge on any atom is -0.456 e. The molecular formula is C46H28N4O. The number of furan rings is 1. The van der Waals surface area contributed by atoms with Crippen molar-refractivity contribution >= 4 is 65.6 Å². The van der Waals surface area contributed by atoms with Crippen molar-refractivity contribution in [1.29, 1.82) is 0 Å². The summed E-state index contributed by atoms with van der Waals surface area (Å²) < 4.78 is 11.0. The Morgan fingerprint density at radius 2 is 0.980 bits per heavy atom. The van der Waals surface area contributed by atoms with Gasteiger partial charge in [0.05, 0.1) is 27.8 Å². The van der Waals surface area contributed by atoms with Gasteiger partial charge in [-0.15, -0.1) is 0 Å². The molecule has 0 aliphatic carbocycles. The van der Waals surface area contributed by atoms with Gasteiger partial charge >= 0.3 is 0 Å². The fourth-order valence-electron chi connectivity index (χ4n) is 7.83. The first-order valence-electron chi connectivity index (χ1n) is 17.2. The van der Waals surface area contributed by atoms with E-state index >= 15 is 0 Å². The van der Waals surface area contributed by atoms with Gasteiger partial charge in [-0.05, 0) is 54.6 Å². The zero-order chi connectivity index (χ0) is 33.5. The molecule has 4 aromatic heterocycles. The minimum atomic E-state index is 0.665. The summed E-state index contributed by atoms with van der Waals surface area (Å²) in [6.07, 6.45) is 0. The van der Waals surface area contributed by atoms with Crippen LogP contribution in [0.3, 0.4) is 0 Å². The lowest BCUT2D eigenvalue weighted by Gasteiger charge is -2.13. The smallest absolute Gasteiger partial charge is 0.162 e. The van der Waals surface area contributed by atoms with Gasteiger partial charge in [-0.1, -0.05) is 109 Å². The van der Waals surface area contributed by atoms with Crippen LogP contribution in [0.15, 0.2) is 174 Å². The average Bonchev–Trinajstić information content (AvgIpc) is 3.84. The van der Waals surface area contributed by atoms with Crippen LogP contribution in [0.1, 0.15) is 0 Å².